The molecule has 0 unspecified atom stereocenters. The van der Waals surface area contributed by atoms with E-state index in [1.54, 1.807) is 6.07 Å². The molecule has 1 saturated carbocycles. The first-order valence-corrected chi connectivity index (χ1v) is 9.57. The number of hydrogen-bond donors (Lipinski definition) is 1. The predicted octanol–water partition coefficient (Wildman–Crippen LogP) is 4.32. The van der Waals surface area contributed by atoms with Crippen LogP contribution in [0.3, 0.4) is 0 Å². The van der Waals surface area contributed by atoms with E-state index in [2.05, 4.69) is 15.6 Å². The van der Waals surface area contributed by atoms with Gasteiger partial charge in [0.1, 0.15) is 5.76 Å². The van der Waals surface area contributed by atoms with Crippen molar-refractivity contribution in [1.29, 1.82) is 0 Å². The van der Waals surface area contributed by atoms with E-state index in [4.69, 9.17) is 9.05 Å². The van der Waals surface area contributed by atoms with Gasteiger partial charge in [-0.1, -0.05) is 37.0 Å². The molecule has 1 aliphatic rings. The van der Waals surface area contributed by atoms with Crippen LogP contribution in [-0.2, 0) is 10.5 Å². The van der Waals surface area contributed by atoms with Crippen molar-refractivity contribution in [3.8, 4) is 0 Å². The standard InChI is InChI=1S/C17H23N3O3S/c1-11(2)14-8-17(23-20-14)18-16(21)10-24-9-13-7-15(22-19-13)12-5-3-4-6-12/h7-8,11-12H,3-6,9-10H2,1-2H3,(H,18,21). The number of hydrogen-bond acceptors (Lipinski definition) is 6. The smallest absolute Gasteiger partial charge is 0.236 e. The average Bonchev–Trinajstić information content (AvgIpc) is 3.28. The Morgan fingerprint density at radius 3 is 2.79 bits per heavy atom. The fourth-order valence-electron chi connectivity index (χ4n) is 2.84. The molecule has 0 spiro atoms. The Labute approximate surface area is 145 Å². The largest absolute Gasteiger partial charge is 0.361 e. The van der Waals surface area contributed by atoms with Gasteiger partial charge in [0.15, 0.2) is 0 Å². The number of thioether (sulfide) groups is 1. The third-order valence-electron chi connectivity index (χ3n) is 4.20. The molecule has 24 heavy (non-hydrogen) atoms. The lowest BCUT2D eigenvalue weighted by Crippen LogP contribution is -2.13. The van der Waals surface area contributed by atoms with Crippen LogP contribution >= 0.6 is 11.8 Å². The van der Waals surface area contributed by atoms with Crippen molar-refractivity contribution in [2.24, 2.45) is 0 Å². The molecule has 2 heterocycles. The molecule has 2 aromatic heterocycles. The second-order valence-electron chi connectivity index (χ2n) is 6.51. The summed E-state index contributed by atoms with van der Waals surface area (Å²) in [6.07, 6.45) is 4.94. The molecule has 1 N–H and O–H groups in total. The fraction of sp³-hybridized carbons (Fsp3) is 0.588. The number of carbonyl (C=O) groups is 1. The molecule has 0 atom stereocenters. The normalized spacial score (nSPS) is 15.3. The summed E-state index contributed by atoms with van der Waals surface area (Å²) in [6, 6.07) is 3.80. The zero-order valence-electron chi connectivity index (χ0n) is 14.1. The molecule has 0 bridgehead atoms. The third kappa shape index (κ3) is 4.41. The van der Waals surface area contributed by atoms with Gasteiger partial charge in [0.25, 0.3) is 0 Å². The van der Waals surface area contributed by atoms with E-state index >= 15 is 0 Å². The highest BCUT2D eigenvalue weighted by Gasteiger charge is 2.21. The minimum Gasteiger partial charge on any atom is -0.361 e. The lowest BCUT2D eigenvalue weighted by atomic mass is 10.1. The van der Waals surface area contributed by atoms with E-state index in [1.165, 1.54) is 37.4 Å². The van der Waals surface area contributed by atoms with E-state index in [0.717, 1.165) is 17.1 Å². The molecule has 3 rings (SSSR count). The van der Waals surface area contributed by atoms with Crippen LogP contribution in [0.5, 0.6) is 0 Å². The molecule has 7 heteroatoms. The highest BCUT2D eigenvalue weighted by atomic mass is 32.2. The number of anilines is 1. The molecular formula is C17H23N3O3S. The zero-order chi connectivity index (χ0) is 16.9. The Balaban J connectivity index is 1.41. The number of carbonyl (C=O) groups excluding carboxylic acids is 1. The molecule has 6 nitrogen and oxygen atoms in total. The average molecular weight is 349 g/mol. The van der Waals surface area contributed by atoms with Crippen molar-refractivity contribution in [3.05, 3.63) is 29.3 Å². The summed E-state index contributed by atoms with van der Waals surface area (Å²) in [7, 11) is 0. The second-order valence-corrected chi connectivity index (χ2v) is 7.50. The van der Waals surface area contributed by atoms with Crippen molar-refractivity contribution in [2.75, 3.05) is 11.1 Å². The Hall–Kier alpha value is -1.76. The Morgan fingerprint density at radius 2 is 2.08 bits per heavy atom. The Morgan fingerprint density at radius 1 is 1.29 bits per heavy atom. The molecule has 1 amide bonds. The summed E-state index contributed by atoms with van der Waals surface area (Å²) in [5.74, 6) is 3.09. The summed E-state index contributed by atoms with van der Waals surface area (Å²) >= 11 is 1.51. The molecule has 1 fully saturated rings. The highest BCUT2D eigenvalue weighted by molar-refractivity contribution is 7.99. The fourth-order valence-corrected chi connectivity index (χ4v) is 3.55. The first-order valence-electron chi connectivity index (χ1n) is 8.41. The summed E-state index contributed by atoms with van der Waals surface area (Å²) in [5, 5.41) is 10.7. The van der Waals surface area contributed by atoms with Gasteiger partial charge >= 0.3 is 0 Å². The van der Waals surface area contributed by atoms with E-state index in [1.807, 2.05) is 19.9 Å². The van der Waals surface area contributed by atoms with E-state index in [0.29, 0.717) is 23.3 Å². The van der Waals surface area contributed by atoms with Crippen LogP contribution in [0.2, 0.25) is 0 Å². The molecule has 0 saturated heterocycles. The van der Waals surface area contributed by atoms with Crippen LogP contribution < -0.4 is 5.32 Å². The number of aromatic nitrogens is 2. The quantitative estimate of drug-likeness (QED) is 0.802. The van der Waals surface area contributed by atoms with Gasteiger partial charge in [0.2, 0.25) is 11.8 Å². The molecule has 0 aromatic carbocycles. The Bertz CT molecular complexity index is 674. The van der Waals surface area contributed by atoms with E-state index in [-0.39, 0.29) is 11.8 Å². The lowest BCUT2D eigenvalue weighted by Gasteiger charge is -2.01. The predicted molar refractivity (Wildman–Crippen MR) is 93.1 cm³/mol. The first-order chi connectivity index (χ1) is 11.6. The number of rotatable bonds is 7. The van der Waals surface area contributed by atoms with Gasteiger partial charge in [-0.25, -0.2) is 0 Å². The topological polar surface area (TPSA) is 81.2 Å². The summed E-state index contributed by atoms with van der Waals surface area (Å²) in [4.78, 5) is 11.9. The third-order valence-corrected chi connectivity index (χ3v) is 5.17. The van der Waals surface area contributed by atoms with Gasteiger partial charge in [-0.05, 0) is 18.8 Å². The van der Waals surface area contributed by atoms with E-state index < -0.39 is 0 Å². The summed E-state index contributed by atoms with van der Waals surface area (Å²) < 4.78 is 10.5. The van der Waals surface area contributed by atoms with Gasteiger partial charge in [0.05, 0.1) is 17.1 Å². The number of nitrogens with zero attached hydrogens (tertiary/aromatic N) is 2. The maximum atomic E-state index is 11.9. The minimum atomic E-state index is -0.106. The molecule has 2 aromatic rings. The van der Waals surface area contributed by atoms with Crippen molar-refractivity contribution < 1.29 is 13.8 Å². The maximum Gasteiger partial charge on any atom is 0.236 e. The van der Waals surface area contributed by atoms with Crippen LogP contribution in [-0.4, -0.2) is 22.0 Å². The number of nitrogens with one attached hydrogen (secondary N) is 1. The highest BCUT2D eigenvalue weighted by Crippen LogP contribution is 2.34. The van der Waals surface area contributed by atoms with Crippen LogP contribution in [0, 0.1) is 0 Å². The van der Waals surface area contributed by atoms with Gasteiger partial charge in [-0.3, -0.25) is 10.1 Å². The first kappa shape index (κ1) is 17.1. The van der Waals surface area contributed by atoms with Crippen LogP contribution in [0.15, 0.2) is 21.2 Å². The Kier molecular flexibility index (Phi) is 5.60. The molecule has 0 radical (unpaired) electrons. The van der Waals surface area contributed by atoms with E-state index in [9.17, 15) is 4.79 Å². The van der Waals surface area contributed by atoms with Crippen LogP contribution in [0.1, 0.15) is 68.5 Å². The van der Waals surface area contributed by atoms with Crippen molar-refractivity contribution in [1.82, 2.24) is 10.3 Å². The van der Waals surface area contributed by atoms with Gasteiger partial charge in [-0.15, -0.1) is 11.8 Å². The van der Waals surface area contributed by atoms with Gasteiger partial charge in [0, 0.05) is 23.8 Å². The number of amides is 1. The molecule has 1 aliphatic carbocycles. The molecular weight excluding hydrogens is 326 g/mol. The van der Waals surface area contributed by atoms with Crippen LogP contribution in [0.25, 0.3) is 0 Å². The van der Waals surface area contributed by atoms with Crippen molar-refractivity contribution in [3.63, 3.8) is 0 Å². The lowest BCUT2D eigenvalue weighted by molar-refractivity contribution is -0.113. The zero-order valence-corrected chi connectivity index (χ0v) is 14.9. The van der Waals surface area contributed by atoms with Gasteiger partial charge < -0.3 is 9.05 Å². The molecule has 0 aliphatic heterocycles. The second kappa shape index (κ2) is 7.88. The summed E-state index contributed by atoms with van der Waals surface area (Å²) in [6.45, 7) is 4.05. The SMILES string of the molecule is CC(C)c1cc(NC(=O)CSCc2cc(C3CCCC3)on2)on1. The maximum absolute atomic E-state index is 11.9. The molecule has 130 valence electrons. The van der Waals surface area contributed by atoms with Crippen molar-refractivity contribution >= 4 is 23.6 Å². The van der Waals surface area contributed by atoms with Crippen molar-refractivity contribution in [2.45, 2.75) is 57.1 Å². The monoisotopic (exact) mass is 349 g/mol. The van der Waals surface area contributed by atoms with Crippen LogP contribution in [0.4, 0.5) is 5.88 Å². The van der Waals surface area contributed by atoms with Gasteiger partial charge in [-0.2, -0.15) is 0 Å². The minimum absolute atomic E-state index is 0.106. The summed E-state index contributed by atoms with van der Waals surface area (Å²) in [5.41, 5.74) is 1.73.